The standard InChI is InChI=1S/C15H23FN4/c1-3-20(4-2)14-8-5-11(9-13(14)16)10-18-15(17)19-12-6-7-12/h5,8-9,12H,3-4,6-7,10H2,1-2H3,(H3,17,18,19). The van der Waals surface area contributed by atoms with Gasteiger partial charge in [-0.3, -0.25) is 0 Å². The molecule has 3 N–H and O–H groups in total. The molecule has 2 rings (SSSR count). The van der Waals surface area contributed by atoms with Crippen LogP contribution in [0, 0.1) is 5.82 Å². The summed E-state index contributed by atoms with van der Waals surface area (Å²) in [6, 6.07) is 5.75. The monoisotopic (exact) mass is 278 g/mol. The highest BCUT2D eigenvalue weighted by Gasteiger charge is 2.21. The first-order chi connectivity index (χ1) is 9.63. The lowest BCUT2D eigenvalue weighted by Crippen LogP contribution is -2.33. The van der Waals surface area contributed by atoms with Crippen molar-refractivity contribution in [2.75, 3.05) is 18.0 Å². The van der Waals surface area contributed by atoms with E-state index in [1.165, 1.54) is 0 Å². The van der Waals surface area contributed by atoms with Crippen molar-refractivity contribution in [2.45, 2.75) is 39.3 Å². The highest BCUT2D eigenvalue weighted by molar-refractivity contribution is 5.78. The van der Waals surface area contributed by atoms with Crippen molar-refractivity contribution in [2.24, 2.45) is 10.7 Å². The number of hydrogen-bond donors (Lipinski definition) is 2. The fourth-order valence-corrected chi connectivity index (χ4v) is 2.13. The lowest BCUT2D eigenvalue weighted by Gasteiger charge is -2.21. The summed E-state index contributed by atoms with van der Waals surface area (Å²) in [7, 11) is 0. The molecule has 1 fully saturated rings. The zero-order valence-corrected chi connectivity index (χ0v) is 12.2. The summed E-state index contributed by atoms with van der Waals surface area (Å²) < 4.78 is 14.1. The highest BCUT2D eigenvalue weighted by Crippen LogP contribution is 2.21. The molecule has 0 atom stereocenters. The topological polar surface area (TPSA) is 53.6 Å². The Bertz CT molecular complexity index is 479. The summed E-state index contributed by atoms with van der Waals surface area (Å²) in [6.07, 6.45) is 2.31. The lowest BCUT2D eigenvalue weighted by atomic mass is 10.2. The third kappa shape index (κ3) is 3.85. The van der Waals surface area contributed by atoms with Gasteiger partial charge in [0.1, 0.15) is 5.82 Å². The van der Waals surface area contributed by atoms with Crippen molar-refractivity contribution in [3.63, 3.8) is 0 Å². The van der Waals surface area contributed by atoms with Gasteiger partial charge in [-0.1, -0.05) is 6.07 Å². The molecule has 110 valence electrons. The van der Waals surface area contributed by atoms with E-state index >= 15 is 0 Å². The minimum Gasteiger partial charge on any atom is -0.370 e. The number of halogens is 1. The predicted octanol–water partition coefficient (Wildman–Crippen LogP) is 2.24. The van der Waals surface area contributed by atoms with Crippen molar-refractivity contribution in [3.05, 3.63) is 29.6 Å². The number of nitrogens with two attached hydrogens (primary N) is 1. The third-order valence-corrected chi connectivity index (χ3v) is 3.48. The number of nitrogens with one attached hydrogen (secondary N) is 1. The number of hydrogen-bond acceptors (Lipinski definition) is 2. The van der Waals surface area contributed by atoms with Gasteiger partial charge in [-0.15, -0.1) is 0 Å². The Morgan fingerprint density at radius 3 is 2.65 bits per heavy atom. The van der Waals surface area contributed by atoms with Gasteiger partial charge in [0, 0.05) is 19.1 Å². The van der Waals surface area contributed by atoms with Crippen molar-refractivity contribution >= 4 is 11.6 Å². The van der Waals surface area contributed by atoms with Crippen LogP contribution in [0.4, 0.5) is 10.1 Å². The van der Waals surface area contributed by atoms with Crippen molar-refractivity contribution in [1.82, 2.24) is 5.32 Å². The maximum Gasteiger partial charge on any atom is 0.189 e. The molecule has 0 saturated heterocycles. The van der Waals surface area contributed by atoms with Crippen LogP contribution in [-0.2, 0) is 6.54 Å². The Labute approximate surface area is 119 Å². The van der Waals surface area contributed by atoms with Crippen LogP contribution >= 0.6 is 0 Å². The molecule has 1 aliphatic rings. The SMILES string of the molecule is CCN(CC)c1ccc(CN=C(N)NC2CC2)cc1F. The molecule has 0 aromatic heterocycles. The van der Waals surface area contributed by atoms with Gasteiger partial charge in [0.15, 0.2) is 5.96 Å². The third-order valence-electron chi connectivity index (χ3n) is 3.48. The molecular weight excluding hydrogens is 255 g/mol. The van der Waals surface area contributed by atoms with Crippen LogP contribution in [0.2, 0.25) is 0 Å². The molecule has 0 bridgehead atoms. The normalized spacial score (nSPS) is 15.2. The zero-order valence-electron chi connectivity index (χ0n) is 12.2. The predicted molar refractivity (Wildman–Crippen MR) is 81.4 cm³/mol. The maximum atomic E-state index is 14.1. The molecule has 4 nitrogen and oxygen atoms in total. The number of nitrogens with zero attached hydrogens (tertiary/aromatic N) is 2. The smallest absolute Gasteiger partial charge is 0.189 e. The van der Waals surface area contributed by atoms with Gasteiger partial charge in [-0.05, 0) is 44.4 Å². The summed E-state index contributed by atoms with van der Waals surface area (Å²) in [6.45, 7) is 6.03. The minimum absolute atomic E-state index is 0.199. The molecule has 1 aromatic carbocycles. The first-order valence-corrected chi connectivity index (χ1v) is 7.23. The van der Waals surface area contributed by atoms with Crippen LogP contribution in [0.1, 0.15) is 32.3 Å². The number of benzene rings is 1. The number of aliphatic imine (C=N–C) groups is 1. The Hall–Kier alpha value is -1.78. The molecule has 0 unspecified atom stereocenters. The molecule has 0 spiro atoms. The van der Waals surface area contributed by atoms with E-state index in [4.69, 9.17) is 5.73 Å². The number of rotatable bonds is 6. The molecule has 0 radical (unpaired) electrons. The van der Waals surface area contributed by atoms with E-state index in [0.717, 1.165) is 31.5 Å². The number of anilines is 1. The molecule has 1 aliphatic carbocycles. The van der Waals surface area contributed by atoms with Crippen LogP contribution < -0.4 is 16.0 Å². The number of guanidine groups is 1. The molecule has 0 heterocycles. The summed E-state index contributed by atoms with van der Waals surface area (Å²) >= 11 is 0. The maximum absolute atomic E-state index is 14.1. The fourth-order valence-electron chi connectivity index (χ4n) is 2.13. The second-order valence-corrected chi connectivity index (χ2v) is 5.08. The first kappa shape index (κ1) is 14.6. The van der Waals surface area contributed by atoms with Crippen molar-refractivity contribution in [3.8, 4) is 0 Å². The highest BCUT2D eigenvalue weighted by atomic mass is 19.1. The second kappa shape index (κ2) is 6.59. The van der Waals surface area contributed by atoms with E-state index < -0.39 is 0 Å². The van der Waals surface area contributed by atoms with Gasteiger partial charge < -0.3 is 16.0 Å². The van der Waals surface area contributed by atoms with E-state index in [2.05, 4.69) is 10.3 Å². The summed E-state index contributed by atoms with van der Waals surface area (Å²) in [5.74, 6) is 0.246. The first-order valence-electron chi connectivity index (χ1n) is 7.23. The average molecular weight is 278 g/mol. The Kier molecular flexibility index (Phi) is 4.82. The van der Waals surface area contributed by atoms with Gasteiger partial charge in [0.05, 0.1) is 12.2 Å². The van der Waals surface area contributed by atoms with Gasteiger partial charge in [0.2, 0.25) is 0 Å². The van der Waals surface area contributed by atoms with Gasteiger partial charge >= 0.3 is 0 Å². The lowest BCUT2D eigenvalue weighted by molar-refractivity contribution is 0.617. The molecule has 20 heavy (non-hydrogen) atoms. The quantitative estimate of drug-likeness (QED) is 0.620. The van der Waals surface area contributed by atoms with E-state index in [1.807, 2.05) is 30.9 Å². The van der Waals surface area contributed by atoms with E-state index in [-0.39, 0.29) is 5.82 Å². The molecule has 0 aliphatic heterocycles. The van der Waals surface area contributed by atoms with Crippen molar-refractivity contribution < 1.29 is 4.39 Å². The van der Waals surface area contributed by atoms with Gasteiger partial charge in [-0.2, -0.15) is 0 Å². The average Bonchev–Trinajstić information content (AvgIpc) is 3.24. The minimum atomic E-state index is -0.199. The Morgan fingerprint density at radius 2 is 2.10 bits per heavy atom. The zero-order chi connectivity index (χ0) is 14.5. The molecule has 1 saturated carbocycles. The van der Waals surface area contributed by atoms with E-state index in [0.29, 0.717) is 24.2 Å². The van der Waals surface area contributed by atoms with Crippen LogP contribution in [-0.4, -0.2) is 25.1 Å². The largest absolute Gasteiger partial charge is 0.370 e. The van der Waals surface area contributed by atoms with E-state index in [9.17, 15) is 4.39 Å². The van der Waals surface area contributed by atoms with Gasteiger partial charge in [0.25, 0.3) is 0 Å². The molecule has 0 amide bonds. The van der Waals surface area contributed by atoms with Crippen LogP contribution in [0.5, 0.6) is 0 Å². The van der Waals surface area contributed by atoms with Crippen LogP contribution in [0.3, 0.4) is 0 Å². The fraction of sp³-hybridized carbons (Fsp3) is 0.533. The molecular formula is C15H23FN4. The Balaban J connectivity index is 2.00. The molecule has 1 aromatic rings. The second-order valence-electron chi connectivity index (χ2n) is 5.08. The Morgan fingerprint density at radius 1 is 1.40 bits per heavy atom. The van der Waals surface area contributed by atoms with E-state index in [1.54, 1.807) is 6.07 Å². The summed E-state index contributed by atoms with van der Waals surface area (Å²) in [5, 5.41) is 3.11. The summed E-state index contributed by atoms with van der Waals surface area (Å²) in [4.78, 5) is 6.23. The van der Waals surface area contributed by atoms with Crippen molar-refractivity contribution in [1.29, 1.82) is 0 Å². The van der Waals surface area contributed by atoms with Crippen LogP contribution in [0.15, 0.2) is 23.2 Å². The molecule has 5 heteroatoms. The summed E-state index contributed by atoms with van der Waals surface area (Å²) in [5.41, 5.74) is 7.24. The van der Waals surface area contributed by atoms with Crippen LogP contribution in [0.25, 0.3) is 0 Å². The van der Waals surface area contributed by atoms with Gasteiger partial charge in [-0.25, -0.2) is 9.38 Å².